The molecule has 2 aromatic rings. The first kappa shape index (κ1) is 13.1. The van der Waals surface area contributed by atoms with E-state index in [9.17, 15) is 9.59 Å². The molecule has 1 aliphatic rings. The Kier molecular flexibility index (Phi) is 3.21. The minimum Gasteiger partial charge on any atom is -0.339 e. The van der Waals surface area contributed by atoms with E-state index in [1.807, 2.05) is 16.7 Å². The average molecular weight is 292 g/mol. The molecule has 1 fully saturated rings. The van der Waals surface area contributed by atoms with Gasteiger partial charge in [0.05, 0.1) is 0 Å². The van der Waals surface area contributed by atoms with Crippen molar-refractivity contribution in [2.24, 2.45) is 0 Å². The molecule has 106 valence electrons. The summed E-state index contributed by atoms with van der Waals surface area (Å²) in [6, 6.07) is 0. The van der Waals surface area contributed by atoms with Gasteiger partial charge in [0.2, 0.25) is 5.91 Å². The van der Waals surface area contributed by atoms with Crippen LogP contribution in [0.15, 0.2) is 11.6 Å². The second kappa shape index (κ2) is 4.90. The summed E-state index contributed by atoms with van der Waals surface area (Å²) >= 11 is 1.53. The Hall–Kier alpha value is -1.89. The quantitative estimate of drug-likeness (QED) is 0.788. The summed E-state index contributed by atoms with van der Waals surface area (Å²) in [5, 5.41) is 2.02. The van der Waals surface area contributed by atoms with Crippen LogP contribution in [0.25, 0.3) is 4.96 Å². The van der Waals surface area contributed by atoms with Crippen LogP contribution in [-0.4, -0.2) is 57.2 Å². The van der Waals surface area contributed by atoms with Crippen LogP contribution in [-0.2, 0) is 4.79 Å². The van der Waals surface area contributed by atoms with Crippen LogP contribution < -0.4 is 0 Å². The third kappa shape index (κ3) is 2.18. The van der Waals surface area contributed by atoms with Crippen LogP contribution in [0.1, 0.15) is 23.1 Å². The number of piperazine rings is 1. The topological polar surface area (TPSA) is 57.9 Å². The maximum atomic E-state index is 12.4. The summed E-state index contributed by atoms with van der Waals surface area (Å²) in [6.07, 6.45) is 1.79. The van der Waals surface area contributed by atoms with Crippen LogP contribution in [0.3, 0.4) is 0 Å². The third-order valence-electron chi connectivity index (χ3n) is 3.62. The van der Waals surface area contributed by atoms with Crippen molar-refractivity contribution >= 4 is 28.1 Å². The van der Waals surface area contributed by atoms with E-state index in [4.69, 9.17) is 0 Å². The molecule has 0 aromatic carbocycles. The zero-order valence-corrected chi connectivity index (χ0v) is 12.3. The largest absolute Gasteiger partial charge is 0.339 e. The van der Waals surface area contributed by atoms with E-state index in [1.54, 1.807) is 22.9 Å². The lowest BCUT2D eigenvalue weighted by molar-refractivity contribution is -0.130. The standard InChI is InChI=1S/C13H16N4O2S/c1-9-8-20-13-14-11(7-17(9)13)12(19)16-5-3-15(4-6-16)10(2)18/h7-8H,3-6H2,1-2H3. The van der Waals surface area contributed by atoms with Gasteiger partial charge in [-0.15, -0.1) is 11.3 Å². The lowest BCUT2D eigenvalue weighted by Gasteiger charge is -2.33. The molecule has 1 saturated heterocycles. The minimum atomic E-state index is -0.0523. The highest BCUT2D eigenvalue weighted by atomic mass is 32.1. The van der Waals surface area contributed by atoms with E-state index < -0.39 is 0 Å². The van der Waals surface area contributed by atoms with Gasteiger partial charge in [-0.2, -0.15) is 0 Å². The van der Waals surface area contributed by atoms with E-state index in [0.29, 0.717) is 31.9 Å². The van der Waals surface area contributed by atoms with Gasteiger partial charge in [0.25, 0.3) is 5.91 Å². The minimum absolute atomic E-state index is 0.0523. The average Bonchev–Trinajstić information content (AvgIpc) is 3.01. The summed E-state index contributed by atoms with van der Waals surface area (Å²) < 4.78 is 1.93. The van der Waals surface area contributed by atoms with Crippen molar-refractivity contribution in [2.45, 2.75) is 13.8 Å². The lowest BCUT2D eigenvalue weighted by atomic mass is 10.3. The number of thiazole rings is 1. The van der Waals surface area contributed by atoms with Crippen molar-refractivity contribution in [2.75, 3.05) is 26.2 Å². The molecule has 0 N–H and O–H groups in total. The molecule has 0 aliphatic carbocycles. The van der Waals surface area contributed by atoms with Gasteiger partial charge in [0.1, 0.15) is 5.69 Å². The Morgan fingerprint density at radius 1 is 1.20 bits per heavy atom. The predicted octanol–water partition coefficient (Wildman–Crippen LogP) is 1.01. The van der Waals surface area contributed by atoms with Gasteiger partial charge in [-0.25, -0.2) is 4.98 Å². The number of imidazole rings is 1. The van der Waals surface area contributed by atoms with Crippen molar-refractivity contribution in [1.82, 2.24) is 19.2 Å². The number of amides is 2. The number of hydrogen-bond acceptors (Lipinski definition) is 4. The molecule has 0 unspecified atom stereocenters. The molecule has 20 heavy (non-hydrogen) atoms. The Bertz CT molecular complexity index is 667. The normalized spacial score (nSPS) is 15.9. The number of carbonyl (C=O) groups excluding carboxylic acids is 2. The molecule has 2 aromatic heterocycles. The van der Waals surface area contributed by atoms with E-state index in [0.717, 1.165) is 10.7 Å². The second-order valence-electron chi connectivity index (χ2n) is 4.95. The molecule has 3 heterocycles. The van der Waals surface area contributed by atoms with Crippen molar-refractivity contribution in [3.8, 4) is 0 Å². The zero-order chi connectivity index (χ0) is 14.3. The van der Waals surface area contributed by atoms with E-state index in [1.165, 1.54) is 11.3 Å². The van der Waals surface area contributed by atoms with Gasteiger partial charge < -0.3 is 9.80 Å². The van der Waals surface area contributed by atoms with Crippen molar-refractivity contribution < 1.29 is 9.59 Å². The maximum absolute atomic E-state index is 12.4. The van der Waals surface area contributed by atoms with Crippen molar-refractivity contribution in [3.05, 3.63) is 23.0 Å². The summed E-state index contributed by atoms with van der Waals surface area (Å²) in [5.74, 6) is 0.0127. The molecule has 0 atom stereocenters. The highest BCUT2D eigenvalue weighted by molar-refractivity contribution is 7.15. The van der Waals surface area contributed by atoms with Crippen LogP contribution in [0.2, 0.25) is 0 Å². The predicted molar refractivity (Wildman–Crippen MR) is 76.0 cm³/mol. The van der Waals surface area contributed by atoms with Gasteiger partial charge in [-0.1, -0.05) is 0 Å². The maximum Gasteiger partial charge on any atom is 0.274 e. The summed E-state index contributed by atoms with van der Waals surface area (Å²) in [6.45, 7) is 5.89. The first-order valence-electron chi connectivity index (χ1n) is 6.54. The summed E-state index contributed by atoms with van der Waals surface area (Å²) in [7, 11) is 0. The van der Waals surface area contributed by atoms with E-state index in [-0.39, 0.29) is 11.8 Å². The SMILES string of the molecule is CC(=O)N1CCN(C(=O)c2cn3c(C)csc3n2)CC1. The molecular weight excluding hydrogens is 276 g/mol. The highest BCUT2D eigenvalue weighted by Gasteiger charge is 2.25. The Labute approximate surface area is 120 Å². The molecule has 3 rings (SSSR count). The number of nitrogens with zero attached hydrogens (tertiary/aromatic N) is 4. The number of aromatic nitrogens is 2. The van der Waals surface area contributed by atoms with E-state index in [2.05, 4.69) is 4.98 Å². The molecule has 2 amide bonds. The first-order valence-corrected chi connectivity index (χ1v) is 7.42. The number of hydrogen-bond donors (Lipinski definition) is 0. The van der Waals surface area contributed by atoms with Crippen molar-refractivity contribution in [1.29, 1.82) is 0 Å². The fourth-order valence-electron chi connectivity index (χ4n) is 2.38. The monoisotopic (exact) mass is 292 g/mol. The number of aryl methyl sites for hydroxylation is 1. The molecule has 0 radical (unpaired) electrons. The number of rotatable bonds is 1. The Morgan fingerprint density at radius 2 is 1.85 bits per heavy atom. The Balaban J connectivity index is 1.74. The molecular formula is C13H16N4O2S. The van der Waals surface area contributed by atoms with Gasteiger partial charge >= 0.3 is 0 Å². The highest BCUT2D eigenvalue weighted by Crippen LogP contribution is 2.17. The number of fused-ring (bicyclic) bond motifs is 1. The molecule has 0 bridgehead atoms. The lowest BCUT2D eigenvalue weighted by Crippen LogP contribution is -2.50. The van der Waals surface area contributed by atoms with Gasteiger partial charge in [-0.3, -0.25) is 14.0 Å². The molecule has 0 saturated carbocycles. The van der Waals surface area contributed by atoms with Crippen LogP contribution >= 0.6 is 11.3 Å². The van der Waals surface area contributed by atoms with Crippen LogP contribution in [0.4, 0.5) is 0 Å². The second-order valence-corrected chi connectivity index (χ2v) is 5.79. The molecule has 1 aliphatic heterocycles. The molecule has 7 heteroatoms. The smallest absolute Gasteiger partial charge is 0.274 e. The summed E-state index contributed by atoms with van der Waals surface area (Å²) in [5.41, 5.74) is 1.56. The Morgan fingerprint density at radius 3 is 2.45 bits per heavy atom. The van der Waals surface area contributed by atoms with Gasteiger partial charge in [0.15, 0.2) is 4.96 Å². The fourth-order valence-corrected chi connectivity index (χ4v) is 3.23. The fraction of sp³-hybridized carbons (Fsp3) is 0.462. The van der Waals surface area contributed by atoms with Gasteiger partial charge in [-0.05, 0) is 6.92 Å². The number of carbonyl (C=O) groups is 2. The van der Waals surface area contributed by atoms with Gasteiger partial charge in [0, 0.05) is 50.4 Å². The van der Waals surface area contributed by atoms with E-state index >= 15 is 0 Å². The summed E-state index contributed by atoms with van der Waals surface area (Å²) in [4.78, 5) is 32.4. The third-order valence-corrected chi connectivity index (χ3v) is 4.58. The molecule has 0 spiro atoms. The molecule has 6 nitrogen and oxygen atoms in total. The van der Waals surface area contributed by atoms with Crippen LogP contribution in [0, 0.1) is 6.92 Å². The zero-order valence-electron chi connectivity index (χ0n) is 11.5. The first-order chi connectivity index (χ1) is 9.56. The van der Waals surface area contributed by atoms with Crippen LogP contribution in [0.5, 0.6) is 0 Å². The van der Waals surface area contributed by atoms with Crippen molar-refractivity contribution in [3.63, 3.8) is 0 Å².